The topological polar surface area (TPSA) is 20.3 Å². The molecule has 258 valence electrons. The highest BCUT2D eigenvalue weighted by atomic mass is 19.4. The second kappa shape index (κ2) is 17.2. The number of alkyl halides is 14. The standard InChI is InChI=1S/C26H38F15NO/c1-2-3-4-5-6-7-8-9-10-11-12-13-14-15-16-17-18-42(41)20(43)22(31,32)24(35,36)26(39,40)25(37,38)23(33,34)21(29,30)19(27)28/h19H,2-18H2,1H3. The average molecular weight is 666 g/mol. The van der Waals surface area contributed by atoms with Crippen LogP contribution in [0, 0.1) is 0 Å². The molecule has 0 saturated heterocycles. The molecule has 1 amide bonds. The number of halogens is 15. The normalized spacial score (nSPS) is 14.1. The van der Waals surface area contributed by atoms with Crippen LogP contribution in [0.2, 0.25) is 0 Å². The van der Waals surface area contributed by atoms with Gasteiger partial charge >= 0.3 is 47.9 Å². The quantitative estimate of drug-likeness (QED) is 0.0571. The summed E-state index contributed by atoms with van der Waals surface area (Å²) in [4.78, 5) is 11.4. The average Bonchev–Trinajstić information content (AvgIpc) is 2.91. The van der Waals surface area contributed by atoms with Crippen LogP contribution in [0.5, 0.6) is 0 Å². The van der Waals surface area contributed by atoms with E-state index in [0.29, 0.717) is 12.8 Å². The van der Waals surface area contributed by atoms with Gasteiger partial charge in [0.1, 0.15) is 0 Å². The lowest BCUT2D eigenvalue weighted by molar-refractivity contribution is -0.429. The highest BCUT2D eigenvalue weighted by molar-refractivity contribution is 5.84. The molecule has 0 rings (SSSR count). The molecule has 0 radical (unpaired) electrons. The maximum Gasteiger partial charge on any atom is 0.395 e. The Morgan fingerprint density at radius 2 is 0.814 bits per heavy atom. The van der Waals surface area contributed by atoms with E-state index in [9.17, 15) is 70.7 Å². The van der Waals surface area contributed by atoms with Crippen molar-refractivity contribution in [2.45, 2.75) is 152 Å². The maximum absolute atomic E-state index is 13.8. The summed E-state index contributed by atoms with van der Waals surface area (Å²) in [7, 11) is 0. The van der Waals surface area contributed by atoms with Gasteiger partial charge in [0.15, 0.2) is 0 Å². The molecule has 0 N–H and O–H groups in total. The Morgan fingerprint density at radius 3 is 1.14 bits per heavy atom. The zero-order valence-corrected chi connectivity index (χ0v) is 23.6. The Bertz CT molecular complexity index is 805. The van der Waals surface area contributed by atoms with Crippen LogP contribution < -0.4 is 0 Å². The Kier molecular flexibility index (Phi) is 16.6. The summed E-state index contributed by atoms with van der Waals surface area (Å²) in [6.45, 7) is 0.730. The lowest BCUT2D eigenvalue weighted by Crippen LogP contribution is -2.73. The predicted octanol–water partition coefficient (Wildman–Crippen LogP) is 11.0. The van der Waals surface area contributed by atoms with Crippen LogP contribution in [-0.2, 0) is 4.79 Å². The minimum absolute atomic E-state index is 0.0386. The summed E-state index contributed by atoms with van der Waals surface area (Å²) in [5.74, 6) is -50.9. The van der Waals surface area contributed by atoms with Crippen LogP contribution in [0.4, 0.5) is 65.9 Å². The Labute approximate surface area is 240 Å². The lowest BCUT2D eigenvalue weighted by atomic mass is 9.91. The van der Waals surface area contributed by atoms with E-state index in [1.54, 1.807) is 0 Å². The molecule has 43 heavy (non-hydrogen) atoms. The molecular weight excluding hydrogens is 627 g/mol. The number of carbonyl (C=O) groups is 1. The highest BCUT2D eigenvalue weighted by Crippen LogP contribution is 2.61. The number of rotatable bonds is 24. The minimum Gasteiger partial charge on any atom is -0.265 e. The van der Waals surface area contributed by atoms with Crippen LogP contribution in [0.1, 0.15) is 110 Å². The van der Waals surface area contributed by atoms with Gasteiger partial charge < -0.3 is 0 Å². The molecule has 0 spiro atoms. The fourth-order valence-corrected chi connectivity index (χ4v) is 4.12. The van der Waals surface area contributed by atoms with Gasteiger partial charge in [0.25, 0.3) is 0 Å². The number of unbranched alkanes of at least 4 members (excludes halogenated alkanes) is 15. The smallest absolute Gasteiger partial charge is 0.265 e. The van der Waals surface area contributed by atoms with Crippen LogP contribution in [0.15, 0.2) is 0 Å². The second-order valence-electron chi connectivity index (χ2n) is 10.5. The fourth-order valence-electron chi connectivity index (χ4n) is 4.12. The third kappa shape index (κ3) is 9.95. The van der Waals surface area contributed by atoms with E-state index in [2.05, 4.69) is 6.92 Å². The largest absolute Gasteiger partial charge is 0.395 e. The molecule has 0 bridgehead atoms. The van der Waals surface area contributed by atoms with Gasteiger partial charge in [-0.05, 0) is 6.42 Å². The van der Waals surface area contributed by atoms with E-state index in [1.165, 1.54) is 38.5 Å². The number of carbonyl (C=O) groups excluding carboxylic acids is 1. The number of hydrogen-bond donors (Lipinski definition) is 0. The molecule has 0 aliphatic rings. The Morgan fingerprint density at radius 1 is 0.512 bits per heavy atom. The second-order valence-corrected chi connectivity index (χ2v) is 10.5. The first-order valence-corrected chi connectivity index (χ1v) is 14.1. The van der Waals surface area contributed by atoms with Gasteiger partial charge in [-0.2, -0.15) is 57.8 Å². The van der Waals surface area contributed by atoms with E-state index in [-0.39, 0.29) is 6.42 Å². The van der Waals surface area contributed by atoms with Gasteiger partial charge in [0, 0.05) is 0 Å². The zero-order chi connectivity index (χ0) is 33.8. The monoisotopic (exact) mass is 665 g/mol. The van der Waals surface area contributed by atoms with Gasteiger partial charge in [-0.25, -0.2) is 8.78 Å². The third-order valence-electron chi connectivity index (χ3n) is 6.97. The van der Waals surface area contributed by atoms with Gasteiger partial charge in [-0.1, -0.05) is 108 Å². The van der Waals surface area contributed by atoms with E-state index in [0.717, 1.165) is 38.5 Å². The van der Waals surface area contributed by atoms with Crippen LogP contribution in [-0.4, -0.2) is 59.5 Å². The summed E-state index contributed by atoms with van der Waals surface area (Å²) < 4.78 is 200. The van der Waals surface area contributed by atoms with Crippen molar-refractivity contribution in [1.29, 1.82) is 0 Å². The molecule has 0 aliphatic carbocycles. The van der Waals surface area contributed by atoms with Crippen molar-refractivity contribution in [3.05, 3.63) is 0 Å². The minimum atomic E-state index is -8.26. The maximum atomic E-state index is 13.8. The Hall–Kier alpha value is -1.58. The number of hydrogen-bond acceptors (Lipinski definition) is 1. The number of amides is 1. The van der Waals surface area contributed by atoms with E-state index in [4.69, 9.17) is 0 Å². The van der Waals surface area contributed by atoms with Crippen molar-refractivity contribution in [2.24, 2.45) is 0 Å². The molecule has 0 aliphatic heterocycles. The summed E-state index contributed by atoms with van der Waals surface area (Å²) in [6.07, 6.45) is 7.78. The first-order valence-electron chi connectivity index (χ1n) is 14.1. The first kappa shape index (κ1) is 41.4. The van der Waals surface area contributed by atoms with Crippen molar-refractivity contribution in [3.8, 4) is 0 Å². The molecule has 0 aromatic rings. The SMILES string of the molecule is CCCCCCCCCCCCCCCCCCN(F)C(=O)C(F)(F)C(F)(F)C(F)(F)C(F)(F)C(F)(F)C(F)(F)C(F)F. The van der Waals surface area contributed by atoms with Gasteiger partial charge in [0.05, 0.1) is 6.54 Å². The fraction of sp³-hybridized carbons (Fsp3) is 0.962. The molecule has 0 aromatic carbocycles. The Balaban J connectivity index is 4.75. The highest BCUT2D eigenvalue weighted by Gasteiger charge is 2.92. The van der Waals surface area contributed by atoms with Crippen molar-refractivity contribution in [3.63, 3.8) is 0 Å². The predicted molar refractivity (Wildman–Crippen MR) is 128 cm³/mol. The lowest BCUT2D eigenvalue weighted by Gasteiger charge is -2.40. The molecule has 0 saturated carbocycles. The molecule has 17 heteroatoms. The van der Waals surface area contributed by atoms with Crippen molar-refractivity contribution in [1.82, 2.24) is 5.12 Å². The van der Waals surface area contributed by atoms with Crippen molar-refractivity contribution in [2.75, 3.05) is 6.54 Å². The number of nitrogens with zero attached hydrogens (tertiary/aromatic N) is 1. The van der Waals surface area contributed by atoms with E-state index in [1.807, 2.05) is 0 Å². The molecular formula is C26H38F15NO. The molecule has 0 heterocycles. The van der Waals surface area contributed by atoms with E-state index >= 15 is 0 Å². The molecule has 0 fully saturated rings. The van der Waals surface area contributed by atoms with Crippen molar-refractivity contribution < 1.29 is 70.7 Å². The zero-order valence-electron chi connectivity index (χ0n) is 23.6. The molecule has 0 aromatic heterocycles. The summed E-state index contributed by atoms with van der Waals surface area (Å²) in [5.41, 5.74) is 0. The summed E-state index contributed by atoms with van der Waals surface area (Å²) >= 11 is 0. The first-order chi connectivity index (χ1) is 19.6. The van der Waals surface area contributed by atoms with Gasteiger partial charge in [-0.3, -0.25) is 4.79 Å². The third-order valence-corrected chi connectivity index (χ3v) is 6.97. The summed E-state index contributed by atoms with van der Waals surface area (Å²) in [6, 6.07) is 0. The van der Waals surface area contributed by atoms with Crippen LogP contribution >= 0.6 is 0 Å². The van der Waals surface area contributed by atoms with Gasteiger partial charge in [-0.15, -0.1) is 0 Å². The molecule has 0 unspecified atom stereocenters. The van der Waals surface area contributed by atoms with E-state index < -0.39 is 66.0 Å². The van der Waals surface area contributed by atoms with Crippen molar-refractivity contribution >= 4 is 5.91 Å². The van der Waals surface area contributed by atoms with Crippen LogP contribution in [0.25, 0.3) is 0 Å². The molecule has 2 nitrogen and oxygen atoms in total. The van der Waals surface area contributed by atoms with Gasteiger partial charge in [0.2, 0.25) is 0 Å². The molecule has 0 atom stereocenters. The van der Waals surface area contributed by atoms with Crippen LogP contribution in [0.3, 0.4) is 0 Å². The summed E-state index contributed by atoms with van der Waals surface area (Å²) in [5, 5.41) is -1.72.